The second-order valence-electron chi connectivity index (χ2n) is 10.2. The minimum Gasteiger partial charge on any atom is -0.277 e. The maximum Gasteiger partial charge on any atom is 0.417 e. The van der Waals surface area contributed by atoms with E-state index in [0.29, 0.717) is 29.1 Å². The number of alkyl halides is 3. The standard InChI is InChI=1S/C19H14F4N4O2S.C9H6N4/c20-12-4-5-15-13(7-12)17-14(9-25-26-17)18(10-1-2-10)27(15)30(28,29)16-6-3-11(8-24-16)19(21,22)23;1-2-7-9(10-3-1)8-6(4-11-7)5-12-13-8/h3-10,18H,1-2H2,(H,25,26);1-5H,(H,12,13). The molecule has 1 aromatic carbocycles. The van der Waals surface area contributed by atoms with E-state index >= 15 is 0 Å². The molecular formula is C28H20F4N8O2S. The van der Waals surface area contributed by atoms with Crippen molar-refractivity contribution in [1.29, 1.82) is 0 Å². The van der Waals surface area contributed by atoms with Gasteiger partial charge in [-0.3, -0.25) is 24.5 Å². The fourth-order valence-electron chi connectivity index (χ4n) is 5.27. The number of benzene rings is 1. The molecule has 1 aliphatic carbocycles. The maximum absolute atomic E-state index is 13.9. The Hall–Kier alpha value is -4.92. The molecule has 6 heterocycles. The Morgan fingerprint density at radius 2 is 1.72 bits per heavy atom. The van der Waals surface area contributed by atoms with Crippen molar-refractivity contribution in [3.8, 4) is 11.3 Å². The number of fused-ring (bicyclic) bond motifs is 6. The number of anilines is 1. The van der Waals surface area contributed by atoms with Crippen LogP contribution in [0.3, 0.4) is 0 Å². The Bertz CT molecular complexity index is 2090. The smallest absolute Gasteiger partial charge is 0.277 e. The first kappa shape index (κ1) is 26.9. The van der Waals surface area contributed by atoms with Crippen LogP contribution in [0.4, 0.5) is 23.2 Å². The monoisotopic (exact) mass is 608 g/mol. The zero-order chi connectivity index (χ0) is 29.9. The van der Waals surface area contributed by atoms with Crippen molar-refractivity contribution in [1.82, 2.24) is 35.3 Å². The number of H-pyrrole nitrogens is 2. The molecule has 6 aromatic rings. The normalized spacial score (nSPS) is 16.5. The van der Waals surface area contributed by atoms with Crippen LogP contribution in [0.25, 0.3) is 33.2 Å². The van der Waals surface area contributed by atoms with Gasteiger partial charge in [-0.1, -0.05) is 0 Å². The number of aromatic amines is 2. The Morgan fingerprint density at radius 3 is 2.47 bits per heavy atom. The van der Waals surface area contributed by atoms with Crippen molar-refractivity contribution in [3.05, 3.63) is 90.4 Å². The van der Waals surface area contributed by atoms with E-state index in [9.17, 15) is 26.0 Å². The molecular weight excluding hydrogens is 588 g/mol. The molecule has 1 unspecified atom stereocenters. The van der Waals surface area contributed by atoms with E-state index in [1.54, 1.807) is 18.6 Å². The number of nitrogens with zero attached hydrogens (tertiary/aromatic N) is 6. The molecule has 43 heavy (non-hydrogen) atoms. The van der Waals surface area contributed by atoms with E-state index in [2.05, 4.69) is 35.3 Å². The summed E-state index contributed by atoms with van der Waals surface area (Å²) in [6.07, 6.45) is 4.25. The van der Waals surface area contributed by atoms with E-state index in [0.717, 1.165) is 51.2 Å². The lowest BCUT2D eigenvalue weighted by Crippen LogP contribution is -2.39. The molecule has 2 N–H and O–H groups in total. The molecule has 0 spiro atoms. The molecule has 218 valence electrons. The Balaban J connectivity index is 0.000000191. The quantitative estimate of drug-likeness (QED) is 0.243. The molecule has 0 radical (unpaired) electrons. The summed E-state index contributed by atoms with van der Waals surface area (Å²) in [5, 5.41) is 14.2. The first-order chi connectivity index (χ1) is 20.6. The summed E-state index contributed by atoms with van der Waals surface area (Å²) < 4.78 is 80.7. The van der Waals surface area contributed by atoms with Crippen molar-refractivity contribution < 1.29 is 26.0 Å². The topological polar surface area (TPSA) is 133 Å². The molecule has 15 heteroatoms. The highest BCUT2D eigenvalue weighted by atomic mass is 32.2. The number of hydrogen-bond acceptors (Lipinski definition) is 7. The van der Waals surface area contributed by atoms with Gasteiger partial charge in [-0.2, -0.15) is 31.8 Å². The summed E-state index contributed by atoms with van der Waals surface area (Å²) in [7, 11) is -4.33. The van der Waals surface area contributed by atoms with E-state index in [1.807, 2.05) is 12.1 Å². The highest BCUT2D eigenvalue weighted by Gasteiger charge is 2.47. The van der Waals surface area contributed by atoms with Crippen molar-refractivity contribution >= 4 is 37.6 Å². The number of hydrogen-bond donors (Lipinski definition) is 2. The Kier molecular flexibility index (Phi) is 6.16. The number of rotatable bonds is 3. The minimum atomic E-state index is -4.63. The van der Waals surface area contributed by atoms with Gasteiger partial charge in [-0.15, -0.1) is 0 Å². The van der Waals surface area contributed by atoms with Crippen LogP contribution in [0.2, 0.25) is 0 Å². The molecule has 1 saturated carbocycles. The van der Waals surface area contributed by atoms with Gasteiger partial charge in [0.25, 0.3) is 10.0 Å². The van der Waals surface area contributed by atoms with Gasteiger partial charge < -0.3 is 0 Å². The first-order valence-electron chi connectivity index (χ1n) is 13.1. The molecule has 5 aromatic heterocycles. The highest BCUT2D eigenvalue weighted by Crippen LogP contribution is 2.54. The number of nitrogens with one attached hydrogen (secondary N) is 2. The highest BCUT2D eigenvalue weighted by molar-refractivity contribution is 7.92. The molecule has 8 rings (SSSR count). The van der Waals surface area contributed by atoms with Gasteiger partial charge in [0.1, 0.15) is 11.3 Å². The van der Waals surface area contributed by atoms with Crippen molar-refractivity contribution in [2.75, 3.05) is 4.31 Å². The fourth-order valence-corrected chi connectivity index (χ4v) is 6.90. The third-order valence-corrected chi connectivity index (χ3v) is 9.11. The largest absolute Gasteiger partial charge is 0.417 e. The zero-order valence-electron chi connectivity index (χ0n) is 21.9. The molecule has 1 fully saturated rings. The second kappa shape index (κ2) is 9.83. The van der Waals surface area contributed by atoms with Gasteiger partial charge in [0, 0.05) is 35.1 Å². The molecule has 1 atom stereocenters. The first-order valence-corrected chi connectivity index (χ1v) is 14.5. The van der Waals surface area contributed by atoms with E-state index in [-0.39, 0.29) is 11.6 Å². The van der Waals surface area contributed by atoms with E-state index in [4.69, 9.17) is 0 Å². The summed E-state index contributed by atoms with van der Waals surface area (Å²) in [4.78, 5) is 12.1. The van der Waals surface area contributed by atoms with Gasteiger partial charge in [-0.05, 0) is 61.2 Å². The lowest BCUT2D eigenvalue weighted by atomic mass is 9.93. The second-order valence-corrected chi connectivity index (χ2v) is 11.9. The van der Waals surface area contributed by atoms with Crippen LogP contribution < -0.4 is 4.31 Å². The summed E-state index contributed by atoms with van der Waals surface area (Å²) in [5.74, 6) is -0.534. The summed E-state index contributed by atoms with van der Waals surface area (Å²) >= 11 is 0. The maximum atomic E-state index is 13.9. The fraction of sp³-hybridized carbons (Fsp3) is 0.179. The lowest BCUT2D eigenvalue weighted by molar-refractivity contribution is -0.137. The average Bonchev–Trinajstić information content (AvgIpc) is 3.50. The Morgan fingerprint density at radius 1 is 0.907 bits per heavy atom. The van der Waals surface area contributed by atoms with Crippen molar-refractivity contribution in [3.63, 3.8) is 0 Å². The summed E-state index contributed by atoms with van der Waals surface area (Å²) in [6.45, 7) is 0. The van der Waals surface area contributed by atoms with Gasteiger partial charge in [0.2, 0.25) is 0 Å². The molecule has 0 amide bonds. The summed E-state index contributed by atoms with van der Waals surface area (Å²) in [5.41, 5.74) is 3.35. The molecule has 2 aliphatic rings. The van der Waals surface area contributed by atoms with Crippen LogP contribution >= 0.6 is 0 Å². The van der Waals surface area contributed by atoms with Gasteiger partial charge in [0.15, 0.2) is 5.03 Å². The summed E-state index contributed by atoms with van der Waals surface area (Å²) in [6, 6.07) is 8.43. The minimum absolute atomic E-state index is 0.0174. The van der Waals surface area contributed by atoms with Crippen LogP contribution in [0, 0.1) is 11.7 Å². The predicted octanol–water partition coefficient (Wildman–Crippen LogP) is 5.80. The van der Waals surface area contributed by atoms with Crippen LogP contribution in [0.5, 0.6) is 0 Å². The Labute approximate surface area is 240 Å². The predicted molar refractivity (Wildman–Crippen MR) is 148 cm³/mol. The van der Waals surface area contributed by atoms with Crippen LogP contribution in [-0.2, 0) is 16.2 Å². The molecule has 0 saturated heterocycles. The zero-order valence-corrected chi connectivity index (χ0v) is 22.7. The number of halogens is 4. The SMILES string of the molecule is O=S(=O)(c1ccc(C(F)(F)F)cn1)N1c2ccc(F)cc2-c2[nH]ncc2C1C1CC1.c1cnc2c(c1)ncc1cn[nH]c12. The number of sulfonamides is 1. The van der Waals surface area contributed by atoms with Crippen molar-refractivity contribution in [2.45, 2.75) is 30.1 Å². The average molecular weight is 609 g/mol. The van der Waals surface area contributed by atoms with E-state index < -0.39 is 38.6 Å². The van der Waals surface area contributed by atoms with Gasteiger partial charge in [-0.25, -0.2) is 9.37 Å². The van der Waals surface area contributed by atoms with Crippen LogP contribution in [0.1, 0.15) is 30.0 Å². The van der Waals surface area contributed by atoms with Crippen LogP contribution in [0.15, 0.2) is 78.5 Å². The third-order valence-electron chi connectivity index (χ3n) is 7.40. The molecule has 1 aliphatic heterocycles. The van der Waals surface area contributed by atoms with Gasteiger partial charge >= 0.3 is 6.18 Å². The number of pyridine rings is 3. The van der Waals surface area contributed by atoms with Crippen molar-refractivity contribution in [2.24, 2.45) is 5.92 Å². The molecule has 10 nitrogen and oxygen atoms in total. The van der Waals surface area contributed by atoms with E-state index in [1.165, 1.54) is 18.3 Å². The third kappa shape index (κ3) is 4.65. The molecule has 0 bridgehead atoms. The number of aromatic nitrogens is 7. The lowest BCUT2D eigenvalue weighted by Gasteiger charge is -2.37. The van der Waals surface area contributed by atoms with Gasteiger partial charge in [0.05, 0.1) is 46.4 Å². The van der Waals surface area contributed by atoms with Crippen LogP contribution in [-0.4, -0.2) is 43.8 Å².